The van der Waals surface area contributed by atoms with E-state index in [2.05, 4.69) is 27.0 Å². The van der Waals surface area contributed by atoms with Gasteiger partial charge >= 0.3 is 0 Å². The van der Waals surface area contributed by atoms with Crippen molar-refractivity contribution in [3.8, 4) is 6.07 Å². The number of anilines is 1. The molecule has 0 radical (unpaired) electrons. The number of pyridine rings is 1. The topological polar surface area (TPSA) is 83.0 Å². The number of hydrogen-bond acceptors (Lipinski definition) is 6. The fourth-order valence-electron chi connectivity index (χ4n) is 3.63. The standard InChI is InChI=1S/C19H15BrN4OS/c20-11-7-16(26-10-11)17-13(8-21)19(22)24(12-3-2-6-23-9-12)14-4-1-5-15(25)18(14)17/h2-3,6-7,9-10,17H,1,4-5,22H2. The van der Waals surface area contributed by atoms with Gasteiger partial charge in [-0.25, -0.2) is 0 Å². The van der Waals surface area contributed by atoms with E-state index in [1.54, 1.807) is 12.4 Å². The van der Waals surface area contributed by atoms with Crippen LogP contribution in [0.5, 0.6) is 0 Å². The number of rotatable bonds is 2. The summed E-state index contributed by atoms with van der Waals surface area (Å²) in [7, 11) is 0. The highest BCUT2D eigenvalue weighted by molar-refractivity contribution is 9.10. The Hall–Kier alpha value is -2.43. The molecule has 0 fully saturated rings. The molecule has 130 valence electrons. The molecule has 2 aromatic heterocycles. The fourth-order valence-corrected chi connectivity index (χ4v) is 5.19. The fraction of sp³-hybridized carbons (Fsp3) is 0.211. The first-order chi connectivity index (χ1) is 12.6. The summed E-state index contributed by atoms with van der Waals surface area (Å²) in [5.74, 6) is 0.0745. The van der Waals surface area contributed by atoms with E-state index >= 15 is 0 Å². The number of nitrogens with two attached hydrogens (primary N) is 1. The molecule has 0 saturated heterocycles. The predicted molar refractivity (Wildman–Crippen MR) is 104 cm³/mol. The van der Waals surface area contributed by atoms with Gasteiger partial charge in [0.25, 0.3) is 0 Å². The van der Waals surface area contributed by atoms with Crippen molar-refractivity contribution in [3.05, 3.63) is 68.0 Å². The maximum atomic E-state index is 12.9. The second-order valence-corrected chi connectivity index (χ2v) is 8.05. The van der Waals surface area contributed by atoms with Gasteiger partial charge in [0, 0.05) is 38.6 Å². The summed E-state index contributed by atoms with van der Waals surface area (Å²) in [6, 6.07) is 7.94. The van der Waals surface area contributed by atoms with Gasteiger partial charge in [-0.2, -0.15) is 5.26 Å². The smallest absolute Gasteiger partial charge is 0.161 e. The Kier molecular flexibility index (Phi) is 4.39. The highest BCUT2D eigenvalue weighted by Crippen LogP contribution is 2.47. The van der Waals surface area contributed by atoms with Gasteiger partial charge in [0.05, 0.1) is 29.4 Å². The summed E-state index contributed by atoms with van der Waals surface area (Å²) in [5, 5.41) is 11.8. The van der Waals surface area contributed by atoms with Crippen molar-refractivity contribution in [2.45, 2.75) is 25.2 Å². The summed E-state index contributed by atoms with van der Waals surface area (Å²) in [6.07, 6.45) is 5.42. The summed E-state index contributed by atoms with van der Waals surface area (Å²) >= 11 is 5.00. The van der Waals surface area contributed by atoms with Gasteiger partial charge < -0.3 is 5.73 Å². The van der Waals surface area contributed by atoms with E-state index in [4.69, 9.17) is 5.73 Å². The molecule has 1 aliphatic heterocycles. The molecule has 3 heterocycles. The summed E-state index contributed by atoms with van der Waals surface area (Å²) < 4.78 is 0.938. The molecule has 0 aromatic carbocycles. The van der Waals surface area contributed by atoms with Gasteiger partial charge in [-0.3, -0.25) is 14.7 Å². The Morgan fingerprint density at radius 1 is 1.42 bits per heavy atom. The molecule has 0 saturated carbocycles. The van der Waals surface area contributed by atoms with Gasteiger partial charge in [0.15, 0.2) is 5.78 Å². The van der Waals surface area contributed by atoms with Crippen LogP contribution in [-0.4, -0.2) is 10.8 Å². The number of Topliss-reactive ketones (excluding diaryl/α,β-unsaturated/α-hetero) is 1. The quantitative estimate of drug-likeness (QED) is 0.777. The van der Waals surface area contributed by atoms with E-state index in [1.807, 2.05) is 28.5 Å². The molecule has 7 heteroatoms. The minimum Gasteiger partial charge on any atom is -0.384 e. The van der Waals surface area contributed by atoms with Crippen molar-refractivity contribution in [3.63, 3.8) is 0 Å². The molecule has 0 bridgehead atoms. The third kappa shape index (κ3) is 2.66. The molecule has 1 unspecified atom stereocenters. The van der Waals surface area contributed by atoms with E-state index in [-0.39, 0.29) is 5.78 Å². The highest BCUT2D eigenvalue weighted by atomic mass is 79.9. The number of nitrogens with zero attached hydrogens (tertiary/aromatic N) is 3. The number of hydrogen-bond donors (Lipinski definition) is 1. The molecule has 2 aliphatic rings. The van der Waals surface area contributed by atoms with Crippen LogP contribution in [0.4, 0.5) is 5.69 Å². The van der Waals surface area contributed by atoms with Crippen molar-refractivity contribution in [2.24, 2.45) is 5.73 Å². The third-order valence-electron chi connectivity index (χ3n) is 4.69. The zero-order valence-corrected chi connectivity index (χ0v) is 16.2. The molecule has 2 N–H and O–H groups in total. The van der Waals surface area contributed by atoms with Crippen LogP contribution in [0.25, 0.3) is 0 Å². The Bertz CT molecular complexity index is 986. The lowest BCUT2D eigenvalue weighted by molar-refractivity contribution is -0.116. The number of carbonyl (C=O) groups is 1. The van der Waals surface area contributed by atoms with E-state index in [9.17, 15) is 10.1 Å². The monoisotopic (exact) mass is 426 g/mol. The molecule has 1 aliphatic carbocycles. The summed E-state index contributed by atoms with van der Waals surface area (Å²) in [4.78, 5) is 19.8. The molecule has 4 rings (SSSR count). The Morgan fingerprint density at radius 2 is 2.27 bits per heavy atom. The first kappa shape index (κ1) is 17.0. The molecular weight excluding hydrogens is 412 g/mol. The predicted octanol–water partition coefficient (Wildman–Crippen LogP) is 4.21. The Labute approximate surface area is 163 Å². The first-order valence-electron chi connectivity index (χ1n) is 8.22. The molecule has 5 nitrogen and oxygen atoms in total. The number of thiophene rings is 1. The van der Waals surface area contributed by atoms with Crippen molar-refractivity contribution in [2.75, 3.05) is 4.90 Å². The van der Waals surface area contributed by atoms with Crippen molar-refractivity contribution in [1.29, 1.82) is 5.26 Å². The summed E-state index contributed by atoms with van der Waals surface area (Å²) in [5.41, 5.74) is 9.22. The number of ketones is 1. The number of halogens is 1. The molecule has 0 spiro atoms. The Morgan fingerprint density at radius 3 is 2.92 bits per heavy atom. The Balaban J connectivity index is 1.97. The number of carbonyl (C=O) groups excluding carboxylic acids is 1. The molecule has 1 atom stereocenters. The van der Waals surface area contributed by atoms with Gasteiger partial charge in [0.1, 0.15) is 5.82 Å². The largest absolute Gasteiger partial charge is 0.384 e. The van der Waals surface area contributed by atoms with E-state index in [0.29, 0.717) is 23.4 Å². The number of aromatic nitrogens is 1. The SMILES string of the molecule is N#CC1=C(N)N(c2cccnc2)C2=C(C(=O)CCC2)C1c1cc(Br)cs1. The zero-order valence-electron chi connectivity index (χ0n) is 13.8. The molecule has 2 aromatic rings. The van der Waals surface area contributed by atoms with Crippen LogP contribution in [0.3, 0.4) is 0 Å². The molecular formula is C19H15BrN4OS. The average molecular weight is 427 g/mol. The maximum absolute atomic E-state index is 12.9. The third-order valence-corrected chi connectivity index (χ3v) is 6.45. The van der Waals surface area contributed by atoms with Crippen LogP contribution < -0.4 is 10.6 Å². The van der Waals surface area contributed by atoms with Crippen LogP contribution in [0.1, 0.15) is 30.1 Å². The van der Waals surface area contributed by atoms with Crippen LogP contribution in [-0.2, 0) is 4.79 Å². The average Bonchev–Trinajstić information content (AvgIpc) is 3.07. The van der Waals surface area contributed by atoms with Crippen LogP contribution in [0.15, 0.2) is 63.1 Å². The lowest BCUT2D eigenvalue weighted by Gasteiger charge is -2.39. The lowest BCUT2D eigenvalue weighted by Crippen LogP contribution is -2.38. The lowest BCUT2D eigenvalue weighted by atomic mass is 9.78. The second kappa shape index (κ2) is 6.71. The van der Waals surface area contributed by atoms with Crippen molar-refractivity contribution >= 4 is 38.7 Å². The molecule has 0 amide bonds. The van der Waals surface area contributed by atoms with E-state index < -0.39 is 5.92 Å². The highest BCUT2D eigenvalue weighted by Gasteiger charge is 2.40. The van der Waals surface area contributed by atoms with Gasteiger partial charge in [0.2, 0.25) is 0 Å². The van der Waals surface area contributed by atoms with Gasteiger partial charge in [-0.1, -0.05) is 0 Å². The van der Waals surface area contributed by atoms with Crippen LogP contribution in [0.2, 0.25) is 0 Å². The minimum absolute atomic E-state index is 0.0925. The number of allylic oxidation sites excluding steroid dienone is 3. The molecule has 26 heavy (non-hydrogen) atoms. The van der Waals surface area contributed by atoms with E-state index in [1.165, 1.54) is 11.3 Å². The van der Waals surface area contributed by atoms with Crippen molar-refractivity contribution in [1.82, 2.24) is 4.98 Å². The second-order valence-electron chi connectivity index (χ2n) is 6.19. The maximum Gasteiger partial charge on any atom is 0.161 e. The van der Waals surface area contributed by atoms with Gasteiger partial charge in [-0.05, 0) is 47.0 Å². The normalized spacial score (nSPS) is 20.2. The van der Waals surface area contributed by atoms with Crippen molar-refractivity contribution < 1.29 is 4.79 Å². The van der Waals surface area contributed by atoms with Gasteiger partial charge in [-0.15, -0.1) is 11.3 Å². The summed E-state index contributed by atoms with van der Waals surface area (Å²) in [6.45, 7) is 0. The van der Waals surface area contributed by atoms with Crippen LogP contribution >= 0.6 is 27.3 Å². The first-order valence-corrected chi connectivity index (χ1v) is 9.89. The van der Waals surface area contributed by atoms with E-state index in [0.717, 1.165) is 33.6 Å². The van der Waals surface area contributed by atoms with Crippen LogP contribution in [0, 0.1) is 11.3 Å². The number of nitriles is 1. The zero-order chi connectivity index (χ0) is 18.3. The minimum atomic E-state index is -0.396.